The molecule has 0 radical (unpaired) electrons. The Balaban J connectivity index is 2.07. The summed E-state index contributed by atoms with van der Waals surface area (Å²) < 4.78 is 0. The average Bonchev–Trinajstić information content (AvgIpc) is 2.47. The van der Waals surface area contributed by atoms with Gasteiger partial charge >= 0.3 is 0 Å². The highest BCUT2D eigenvalue weighted by Gasteiger charge is 2.14. The number of rotatable bonds is 4. The van der Waals surface area contributed by atoms with Crippen LogP contribution < -0.4 is 5.73 Å². The van der Waals surface area contributed by atoms with Gasteiger partial charge in [-0.3, -0.25) is 9.78 Å². The van der Waals surface area contributed by atoms with Crippen LogP contribution in [-0.2, 0) is 13.0 Å². The van der Waals surface area contributed by atoms with Crippen LogP contribution in [0.1, 0.15) is 28.7 Å². The van der Waals surface area contributed by atoms with Gasteiger partial charge in [-0.15, -0.1) is 0 Å². The summed E-state index contributed by atoms with van der Waals surface area (Å²) >= 11 is 0. The number of nitrogens with zero attached hydrogens (tertiary/aromatic N) is 3. The summed E-state index contributed by atoms with van der Waals surface area (Å²) in [5.74, 6) is 0.174. The van der Waals surface area contributed by atoms with E-state index < -0.39 is 0 Å². The van der Waals surface area contributed by atoms with Gasteiger partial charge in [-0.05, 0) is 30.2 Å². The van der Waals surface area contributed by atoms with Crippen LogP contribution in [0, 0.1) is 0 Å². The number of hydrogen-bond acceptors (Lipinski definition) is 4. The minimum absolute atomic E-state index is 0.168. The lowest BCUT2D eigenvalue weighted by atomic mass is 10.2. The molecule has 0 saturated heterocycles. The second-order valence-corrected chi connectivity index (χ2v) is 4.62. The van der Waals surface area contributed by atoms with Crippen molar-refractivity contribution in [3.63, 3.8) is 0 Å². The van der Waals surface area contributed by atoms with Gasteiger partial charge in [-0.25, -0.2) is 4.98 Å². The Morgan fingerprint density at radius 1 is 1.30 bits per heavy atom. The minimum atomic E-state index is -0.168. The van der Waals surface area contributed by atoms with Gasteiger partial charge in [0, 0.05) is 13.2 Å². The number of anilines is 1. The maximum atomic E-state index is 12.2. The number of carbonyl (C=O) groups is 1. The first-order chi connectivity index (χ1) is 9.60. The highest BCUT2D eigenvalue weighted by Crippen LogP contribution is 2.08. The number of aryl methyl sites for hydroxylation is 1. The molecule has 5 heteroatoms. The molecule has 20 heavy (non-hydrogen) atoms. The molecule has 0 spiro atoms. The summed E-state index contributed by atoms with van der Waals surface area (Å²) in [4.78, 5) is 22.2. The summed E-state index contributed by atoms with van der Waals surface area (Å²) in [6, 6.07) is 9.00. The zero-order valence-corrected chi connectivity index (χ0v) is 11.7. The first-order valence-corrected chi connectivity index (χ1v) is 6.52. The third kappa shape index (κ3) is 3.32. The van der Waals surface area contributed by atoms with Crippen LogP contribution in [-0.4, -0.2) is 27.8 Å². The smallest absolute Gasteiger partial charge is 0.272 e. The number of pyridine rings is 2. The van der Waals surface area contributed by atoms with Gasteiger partial charge in [0.25, 0.3) is 5.91 Å². The quantitative estimate of drug-likeness (QED) is 0.921. The lowest BCUT2D eigenvalue weighted by Gasteiger charge is -2.16. The SMILES string of the molecule is CCc1ccc(CN(C)C(=O)c2cccc(N)n2)nc1. The van der Waals surface area contributed by atoms with Gasteiger partial charge in [0.1, 0.15) is 11.5 Å². The number of aromatic nitrogens is 2. The molecular formula is C15H18N4O. The van der Waals surface area contributed by atoms with E-state index in [-0.39, 0.29) is 5.91 Å². The lowest BCUT2D eigenvalue weighted by molar-refractivity contribution is 0.0778. The largest absolute Gasteiger partial charge is 0.384 e. The average molecular weight is 270 g/mol. The molecule has 0 aliphatic rings. The van der Waals surface area contributed by atoms with Gasteiger partial charge in [-0.1, -0.05) is 19.1 Å². The van der Waals surface area contributed by atoms with Crippen molar-refractivity contribution >= 4 is 11.7 Å². The van der Waals surface area contributed by atoms with E-state index in [1.54, 1.807) is 30.1 Å². The maximum absolute atomic E-state index is 12.2. The van der Waals surface area contributed by atoms with Crippen LogP contribution in [0.4, 0.5) is 5.82 Å². The van der Waals surface area contributed by atoms with Crippen molar-refractivity contribution in [2.75, 3.05) is 12.8 Å². The van der Waals surface area contributed by atoms with E-state index in [2.05, 4.69) is 16.9 Å². The number of nitrogen functional groups attached to an aromatic ring is 1. The van der Waals surface area contributed by atoms with Crippen molar-refractivity contribution in [3.8, 4) is 0 Å². The molecular weight excluding hydrogens is 252 g/mol. The summed E-state index contributed by atoms with van der Waals surface area (Å²) in [7, 11) is 1.72. The zero-order chi connectivity index (χ0) is 14.5. The van der Waals surface area contributed by atoms with Gasteiger partial charge in [-0.2, -0.15) is 0 Å². The normalized spacial score (nSPS) is 10.3. The van der Waals surface area contributed by atoms with E-state index >= 15 is 0 Å². The number of nitrogens with two attached hydrogens (primary N) is 1. The minimum Gasteiger partial charge on any atom is -0.384 e. The van der Waals surface area contributed by atoms with Crippen LogP contribution >= 0.6 is 0 Å². The Hall–Kier alpha value is -2.43. The topological polar surface area (TPSA) is 72.1 Å². The van der Waals surface area contributed by atoms with Crippen molar-refractivity contribution in [3.05, 3.63) is 53.5 Å². The standard InChI is InChI=1S/C15H18N4O/c1-3-11-7-8-12(17-9-11)10-19(2)15(20)13-5-4-6-14(16)18-13/h4-9H,3,10H2,1-2H3,(H2,16,18). The second kappa shape index (κ2) is 6.14. The predicted octanol–water partition coefficient (Wildman–Crippen LogP) is 1.89. The molecule has 0 aromatic carbocycles. The maximum Gasteiger partial charge on any atom is 0.272 e. The Morgan fingerprint density at radius 3 is 2.70 bits per heavy atom. The van der Waals surface area contributed by atoms with Crippen molar-refractivity contribution in [2.24, 2.45) is 0 Å². The van der Waals surface area contributed by atoms with Crippen molar-refractivity contribution in [1.29, 1.82) is 0 Å². The van der Waals surface area contributed by atoms with Crippen molar-refractivity contribution in [2.45, 2.75) is 19.9 Å². The molecule has 0 aliphatic carbocycles. The molecule has 0 atom stereocenters. The van der Waals surface area contributed by atoms with Gasteiger partial charge in [0.15, 0.2) is 0 Å². The Morgan fingerprint density at radius 2 is 2.10 bits per heavy atom. The molecule has 5 nitrogen and oxygen atoms in total. The molecule has 0 bridgehead atoms. The monoisotopic (exact) mass is 270 g/mol. The van der Waals surface area contributed by atoms with Crippen LogP contribution in [0.2, 0.25) is 0 Å². The molecule has 0 unspecified atom stereocenters. The zero-order valence-electron chi connectivity index (χ0n) is 11.7. The van der Waals surface area contributed by atoms with Gasteiger partial charge in [0.05, 0.1) is 12.2 Å². The Bertz CT molecular complexity index is 595. The fraction of sp³-hybridized carbons (Fsp3) is 0.267. The molecule has 2 aromatic rings. The van der Waals surface area contributed by atoms with Crippen molar-refractivity contribution < 1.29 is 4.79 Å². The van der Waals surface area contributed by atoms with E-state index in [0.29, 0.717) is 18.1 Å². The summed E-state index contributed by atoms with van der Waals surface area (Å²) in [5, 5.41) is 0. The van der Waals surface area contributed by atoms with Gasteiger partial charge < -0.3 is 10.6 Å². The molecule has 2 rings (SSSR count). The fourth-order valence-corrected chi connectivity index (χ4v) is 1.84. The summed E-state index contributed by atoms with van der Waals surface area (Å²) in [6.45, 7) is 2.52. The predicted molar refractivity (Wildman–Crippen MR) is 78.1 cm³/mol. The number of carbonyl (C=O) groups excluding carboxylic acids is 1. The van der Waals surface area contributed by atoms with Crippen LogP contribution in [0.3, 0.4) is 0 Å². The fourth-order valence-electron chi connectivity index (χ4n) is 1.84. The first kappa shape index (κ1) is 14.0. The molecule has 2 heterocycles. The highest BCUT2D eigenvalue weighted by molar-refractivity contribution is 5.92. The molecule has 2 N–H and O–H groups in total. The second-order valence-electron chi connectivity index (χ2n) is 4.62. The van der Waals surface area contributed by atoms with Crippen LogP contribution in [0.5, 0.6) is 0 Å². The molecule has 1 amide bonds. The van der Waals surface area contributed by atoms with E-state index in [9.17, 15) is 4.79 Å². The molecule has 2 aromatic heterocycles. The third-order valence-corrected chi connectivity index (χ3v) is 3.03. The van der Waals surface area contributed by atoms with E-state index in [0.717, 1.165) is 12.1 Å². The van der Waals surface area contributed by atoms with Crippen LogP contribution in [0.25, 0.3) is 0 Å². The van der Waals surface area contributed by atoms with Crippen molar-refractivity contribution in [1.82, 2.24) is 14.9 Å². The highest BCUT2D eigenvalue weighted by atomic mass is 16.2. The van der Waals surface area contributed by atoms with E-state index in [1.165, 1.54) is 5.56 Å². The molecule has 104 valence electrons. The summed E-state index contributed by atoms with van der Waals surface area (Å²) in [6.07, 6.45) is 2.79. The first-order valence-electron chi connectivity index (χ1n) is 6.52. The van der Waals surface area contributed by atoms with Crippen LogP contribution in [0.15, 0.2) is 36.5 Å². The number of amides is 1. The molecule has 0 saturated carbocycles. The molecule has 0 fully saturated rings. The number of hydrogen-bond donors (Lipinski definition) is 1. The summed E-state index contributed by atoms with van der Waals surface area (Å²) in [5.41, 5.74) is 7.96. The van der Waals surface area contributed by atoms with E-state index in [1.807, 2.05) is 18.3 Å². The van der Waals surface area contributed by atoms with E-state index in [4.69, 9.17) is 5.73 Å². The molecule has 0 aliphatic heterocycles. The third-order valence-electron chi connectivity index (χ3n) is 3.03. The Kier molecular flexibility index (Phi) is 4.30. The Labute approximate surface area is 118 Å². The lowest BCUT2D eigenvalue weighted by Crippen LogP contribution is -2.27. The van der Waals surface area contributed by atoms with Gasteiger partial charge in [0.2, 0.25) is 0 Å².